The summed E-state index contributed by atoms with van der Waals surface area (Å²) in [6.07, 6.45) is 7.49. The predicted octanol–water partition coefficient (Wildman–Crippen LogP) is 3.96. The number of hydrogen-bond donors (Lipinski definition) is 1. The van der Waals surface area contributed by atoms with Crippen molar-refractivity contribution in [2.24, 2.45) is 11.8 Å². The summed E-state index contributed by atoms with van der Waals surface area (Å²) < 4.78 is 2.58. The van der Waals surface area contributed by atoms with Crippen molar-refractivity contribution in [3.8, 4) is 0 Å². The molecule has 1 amide bonds. The highest BCUT2D eigenvalue weighted by molar-refractivity contribution is 5.99. The summed E-state index contributed by atoms with van der Waals surface area (Å²) in [6.45, 7) is 7.25. The number of rotatable bonds is 3. The van der Waals surface area contributed by atoms with Crippen LogP contribution in [0.25, 0.3) is 10.9 Å². The Morgan fingerprint density at radius 1 is 1.19 bits per heavy atom. The lowest BCUT2D eigenvalue weighted by Crippen LogP contribution is -2.37. The average Bonchev–Trinajstić information content (AvgIpc) is 2.98. The Morgan fingerprint density at radius 3 is 2.74 bits per heavy atom. The van der Waals surface area contributed by atoms with Crippen LogP contribution in [0.5, 0.6) is 0 Å². The van der Waals surface area contributed by atoms with Crippen LogP contribution in [0.15, 0.2) is 18.2 Å². The monoisotopic (exact) mass is 365 g/mol. The summed E-state index contributed by atoms with van der Waals surface area (Å²) in [5.74, 6) is 1.81. The highest BCUT2D eigenvalue weighted by Gasteiger charge is 2.26. The molecule has 0 bridgehead atoms. The molecule has 4 heteroatoms. The lowest BCUT2D eigenvalue weighted by Gasteiger charge is -2.30. The molecule has 3 heterocycles. The third-order valence-corrected chi connectivity index (χ3v) is 7.11. The average molecular weight is 366 g/mol. The van der Waals surface area contributed by atoms with Crippen LogP contribution >= 0.6 is 0 Å². The van der Waals surface area contributed by atoms with E-state index in [4.69, 9.17) is 0 Å². The van der Waals surface area contributed by atoms with Gasteiger partial charge < -0.3 is 14.8 Å². The minimum atomic E-state index is 0.216. The van der Waals surface area contributed by atoms with Crippen molar-refractivity contribution in [3.63, 3.8) is 0 Å². The molecule has 2 fully saturated rings. The number of piperidine rings is 1. The van der Waals surface area contributed by atoms with E-state index in [1.807, 2.05) is 0 Å². The van der Waals surface area contributed by atoms with Gasteiger partial charge in [0.2, 0.25) is 0 Å². The van der Waals surface area contributed by atoms with E-state index in [1.165, 1.54) is 41.4 Å². The quantitative estimate of drug-likeness (QED) is 0.894. The van der Waals surface area contributed by atoms with E-state index < -0.39 is 0 Å². The van der Waals surface area contributed by atoms with Gasteiger partial charge >= 0.3 is 0 Å². The zero-order valence-corrected chi connectivity index (χ0v) is 16.5. The normalized spacial score (nSPS) is 21.3. The zero-order valence-electron chi connectivity index (χ0n) is 16.5. The number of hydrogen-bond acceptors (Lipinski definition) is 2. The number of aromatic nitrogens is 1. The maximum absolute atomic E-state index is 13.1. The molecule has 0 unspecified atom stereocenters. The Balaban J connectivity index is 1.50. The van der Waals surface area contributed by atoms with E-state index in [1.54, 1.807) is 0 Å². The van der Waals surface area contributed by atoms with E-state index in [9.17, 15) is 4.79 Å². The van der Waals surface area contributed by atoms with Gasteiger partial charge in [-0.2, -0.15) is 0 Å². The summed E-state index contributed by atoms with van der Waals surface area (Å²) >= 11 is 0. The molecule has 1 saturated carbocycles. The minimum Gasteiger partial charge on any atom is -0.344 e. The molecule has 3 aliphatic rings. The number of carbonyl (C=O) groups excluding carboxylic acids is 1. The van der Waals surface area contributed by atoms with Crippen LogP contribution in [0.1, 0.15) is 60.6 Å². The maximum atomic E-state index is 13.1. The van der Waals surface area contributed by atoms with E-state index in [2.05, 4.69) is 39.9 Å². The first-order chi connectivity index (χ1) is 13.2. The molecule has 1 N–H and O–H groups in total. The van der Waals surface area contributed by atoms with Gasteiger partial charge in [-0.05, 0) is 61.3 Å². The SMILES string of the molecule is CC1CCN(C(=O)c2ccc3c(c2)c2c(n3CC3CCC3)CCNC2)CC1. The smallest absolute Gasteiger partial charge is 0.253 e. The Labute approximate surface area is 161 Å². The van der Waals surface area contributed by atoms with Crippen molar-refractivity contribution in [3.05, 3.63) is 35.0 Å². The molecule has 2 aromatic rings. The second kappa shape index (κ2) is 6.97. The molecule has 0 atom stereocenters. The highest BCUT2D eigenvalue weighted by atomic mass is 16.2. The molecule has 1 aromatic heterocycles. The molecular weight excluding hydrogens is 334 g/mol. The second-order valence-corrected chi connectivity index (χ2v) is 8.97. The fourth-order valence-corrected chi connectivity index (χ4v) is 5.05. The molecule has 2 aliphatic heterocycles. The van der Waals surface area contributed by atoms with Gasteiger partial charge in [-0.3, -0.25) is 4.79 Å². The first kappa shape index (κ1) is 17.3. The Hall–Kier alpha value is -1.81. The minimum absolute atomic E-state index is 0.216. The highest BCUT2D eigenvalue weighted by Crippen LogP contribution is 2.34. The summed E-state index contributed by atoms with van der Waals surface area (Å²) in [5, 5.41) is 4.83. The van der Waals surface area contributed by atoms with Crippen molar-refractivity contribution in [2.45, 2.75) is 58.5 Å². The Kier molecular flexibility index (Phi) is 4.47. The molecular formula is C23H31N3O. The zero-order chi connectivity index (χ0) is 18.4. The lowest BCUT2D eigenvalue weighted by atomic mass is 9.85. The van der Waals surface area contributed by atoms with Crippen molar-refractivity contribution in [1.29, 1.82) is 0 Å². The summed E-state index contributed by atoms with van der Waals surface area (Å²) in [7, 11) is 0. The molecule has 1 aliphatic carbocycles. The first-order valence-corrected chi connectivity index (χ1v) is 10.8. The number of amides is 1. The van der Waals surface area contributed by atoms with Crippen LogP contribution in [0.2, 0.25) is 0 Å². The fraction of sp³-hybridized carbons (Fsp3) is 0.609. The van der Waals surface area contributed by atoms with Crippen LogP contribution < -0.4 is 5.32 Å². The van der Waals surface area contributed by atoms with Gasteiger partial charge in [-0.1, -0.05) is 13.3 Å². The summed E-state index contributed by atoms with van der Waals surface area (Å²) in [5.41, 5.74) is 5.13. The van der Waals surface area contributed by atoms with E-state index >= 15 is 0 Å². The van der Waals surface area contributed by atoms with Crippen molar-refractivity contribution in [2.75, 3.05) is 19.6 Å². The molecule has 5 rings (SSSR count). The third kappa shape index (κ3) is 3.08. The van der Waals surface area contributed by atoms with Gasteiger partial charge in [0.15, 0.2) is 0 Å². The summed E-state index contributed by atoms with van der Waals surface area (Å²) in [6, 6.07) is 6.46. The lowest BCUT2D eigenvalue weighted by molar-refractivity contribution is 0.0697. The van der Waals surface area contributed by atoms with Gasteiger partial charge in [-0.15, -0.1) is 0 Å². The van der Waals surface area contributed by atoms with E-state index in [-0.39, 0.29) is 5.91 Å². The number of benzene rings is 1. The molecule has 1 saturated heterocycles. The Morgan fingerprint density at radius 2 is 2.00 bits per heavy atom. The van der Waals surface area contributed by atoms with E-state index in [0.29, 0.717) is 0 Å². The maximum Gasteiger partial charge on any atom is 0.253 e. The van der Waals surface area contributed by atoms with Crippen LogP contribution in [0.3, 0.4) is 0 Å². The first-order valence-electron chi connectivity index (χ1n) is 10.8. The van der Waals surface area contributed by atoms with Gasteiger partial charge in [0, 0.05) is 61.3 Å². The van der Waals surface area contributed by atoms with Gasteiger partial charge in [0.1, 0.15) is 0 Å². The molecule has 1 aromatic carbocycles. The topological polar surface area (TPSA) is 37.3 Å². The van der Waals surface area contributed by atoms with Crippen LogP contribution in [0, 0.1) is 11.8 Å². The molecule has 0 radical (unpaired) electrons. The van der Waals surface area contributed by atoms with Gasteiger partial charge in [0.05, 0.1) is 0 Å². The van der Waals surface area contributed by atoms with Crippen LogP contribution in [-0.4, -0.2) is 35.0 Å². The van der Waals surface area contributed by atoms with Crippen molar-refractivity contribution in [1.82, 2.24) is 14.8 Å². The largest absolute Gasteiger partial charge is 0.344 e. The fourth-order valence-electron chi connectivity index (χ4n) is 5.05. The molecule has 27 heavy (non-hydrogen) atoms. The summed E-state index contributed by atoms with van der Waals surface area (Å²) in [4.78, 5) is 15.1. The predicted molar refractivity (Wildman–Crippen MR) is 109 cm³/mol. The molecule has 144 valence electrons. The van der Waals surface area contributed by atoms with Crippen molar-refractivity contribution < 1.29 is 4.79 Å². The number of nitrogens with one attached hydrogen (secondary N) is 1. The second-order valence-electron chi connectivity index (χ2n) is 8.97. The number of likely N-dealkylation sites (tertiary alicyclic amines) is 1. The Bertz CT molecular complexity index is 856. The third-order valence-electron chi connectivity index (χ3n) is 7.11. The van der Waals surface area contributed by atoms with Gasteiger partial charge in [-0.25, -0.2) is 0 Å². The number of fused-ring (bicyclic) bond motifs is 3. The number of nitrogens with zero attached hydrogens (tertiary/aromatic N) is 2. The molecule has 4 nitrogen and oxygen atoms in total. The van der Waals surface area contributed by atoms with Gasteiger partial charge in [0.25, 0.3) is 5.91 Å². The van der Waals surface area contributed by atoms with Crippen LogP contribution in [-0.2, 0) is 19.5 Å². The van der Waals surface area contributed by atoms with Crippen LogP contribution in [0.4, 0.5) is 0 Å². The molecule has 0 spiro atoms. The number of carbonyl (C=O) groups is 1. The van der Waals surface area contributed by atoms with Crippen molar-refractivity contribution >= 4 is 16.8 Å². The standard InChI is InChI=1S/C23H31N3O/c1-16-8-11-25(12-9-16)23(27)18-5-6-21-19(13-18)20-14-24-10-7-22(20)26(21)15-17-3-2-4-17/h5-6,13,16-17,24H,2-4,7-12,14-15H2,1H3. The van der Waals surface area contributed by atoms with E-state index in [0.717, 1.165) is 69.4 Å².